The van der Waals surface area contributed by atoms with Crippen LogP contribution in [0.2, 0.25) is 0 Å². The molecular weight excluding hydrogens is 192 g/mol. The molecule has 0 spiro atoms. The summed E-state index contributed by atoms with van der Waals surface area (Å²) in [7, 11) is 1.67. The third-order valence-corrected chi connectivity index (χ3v) is 2.62. The molecule has 0 amide bonds. The van der Waals surface area contributed by atoms with Crippen molar-refractivity contribution < 1.29 is 9.84 Å². The van der Waals surface area contributed by atoms with Crippen molar-refractivity contribution in [2.24, 2.45) is 0 Å². The Balaban J connectivity index is 2.35. The lowest BCUT2D eigenvalue weighted by Crippen LogP contribution is -2.36. The van der Waals surface area contributed by atoms with Gasteiger partial charge in [0.25, 0.3) is 0 Å². The van der Waals surface area contributed by atoms with Crippen LogP contribution in [0.15, 0.2) is 18.2 Å². The standard InChI is InChI=1S/C11H16N2O2/c1-15-10-4-2-3-9-11(10)12-5-6-13(9)7-8-14/h2-4,12,14H,5-8H2,1H3. The van der Waals surface area contributed by atoms with Gasteiger partial charge in [-0.1, -0.05) is 6.07 Å². The lowest BCUT2D eigenvalue weighted by molar-refractivity contribution is 0.302. The second-order valence-corrected chi connectivity index (χ2v) is 3.49. The van der Waals surface area contributed by atoms with E-state index in [1.54, 1.807) is 7.11 Å². The average molecular weight is 208 g/mol. The number of aliphatic hydroxyl groups is 1. The van der Waals surface area contributed by atoms with E-state index in [2.05, 4.69) is 10.2 Å². The van der Waals surface area contributed by atoms with E-state index in [1.165, 1.54) is 0 Å². The van der Waals surface area contributed by atoms with Gasteiger partial charge in [-0.2, -0.15) is 0 Å². The van der Waals surface area contributed by atoms with Crippen molar-refractivity contribution in [1.82, 2.24) is 0 Å². The highest BCUT2D eigenvalue weighted by Crippen LogP contribution is 2.36. The van der Waals surface area contributed by atoms with Gasteiger partial charge >= 0.3 is 0 Å². The van der Waals surface area contributed by atoms with Crippen molar-refractivity contribution >= 4 is 11.4 Å². The fourth-order valence-corrected chi connectivity index (χ4v) is 1.92. The van der Waals surface area contributed by atoms with E-state index >= 15 is 0 Å². The van der Waals surface area contributed by atoms with Gasteiger partial charge in [-0.3, -0.25) is 0 Å². The number of fused-ring (bicyclic) bond motifs is 1. The maximum atomic E-state index is 8.98. The average Bonchev–Trinajstić information content (AvgIpc) is 2.29. The summed E-state index contributed by atoms with van der Waals surface area (Å²) >= 11 is 0. The van der Waals surface area contributed by atoms with Crippen LogP contribution in [0, 0.1) is 0 Å². The van der Waals surface area contributed by atoms with E-state index < -0.39 is 0 Å². The molecule has 1 heterocycles. The predicted molar refractivity (Wildman–Crippen MR) is 60.8 cm³/mol. The molecule has 0 atom stereocenters. The summed E-state index contributed by atoms with van der Waals surface area (Å²) in [6.45, 7) is 2.65. The van der Waals surface area contributed by atoms with Crippen LogP contribution in [0.4, 0.5) is 11.4 Å². The van der Waals surface area contributed by atoms with E-state index in [-0.39, 0.29) is 6.61 Å². The molecule has 0 aromatic heterocycles. The van der Waals surface area contributed by atoms with Crippen molar-refractivity contribution in [3.63, 3.8) is 0 Å². The zero-order valence-corrected chi connectivity index (χ0v) is 8.86. The summed E-state index contributed by atoms with van der Waals surface area (Å²) in [5, 5.41) is 12.3. The molecule has 0 radical (unpaired) electrons. The highest BCUT2D eigenvalue weighted by Gasteiger charge is 2.18. The van der Waals surface area contributed by atoms with Crippen LogP contribution >= 0.6 is 0 Å². The molecule has 0 saturated carbocycles. The number of hydrogen-bond donors (Lipinski definition) is 2. The van der Waals surface area contributed by atoms with Gasteiger partial charge in [0.2, 0.25) is 0 Å². The molecule has 0 bridgehead atoms. The van der Waals surface area contributed by atoms with Crippen molar-refractivity contribution in [3.8, 4) is 5.75 Å². The molecule has 1 aromatic rings. The number of methoxy groups -OCH3 is 1. The number of nitrogens with zero attached hydrogens (tertiary/aromatic N) is 1. The van der Waals surface area contributed by atoms with Crippen molar-refractivity contribution in [2.45, 2.75) is 0 Å². The topological polar surface area (TPSA) is 44.7 Å². The Bertz CT molecular complexity index is 341. The Labute approximate surface area is 89.5 Å². The van der Waals surface area contributed by atoms with Crippen LogP contribution in [0.3, 0.4) is 0 Å². The van der Waals surface area contributed by atoms with Crippen molar-refractivity contribution in [1.29, 1.82) is 0 Å². The third kappa shape index (κ3) is 1.85. The van der Waals surface area contributed by atoms with Crippen molar-refractivity contribution in [2.75, 3.05) is 43.6 Å². The number of ether oxygens (including phenoxy) is 1. The van der Waals surface area contributed by atoms with Crippen LogP contribution in [-0.4, -0.2) is 38.5 Å². The summed E-state index contributed by atoms with van der Waals surface area (Å²) in [6, 6.07) is 5.95. The first-order chi connectivity index (χ1) is 7.36. The Morgan fingerprint density at radius 3 is 3.13 bits per heavy atom. The van der Waals surface area contributed by atoms with Gasteiger partial charge in [0.15, 0.2) is 0 Å². The summed E-state index contributed by atoms with van der Waals surface area (Å²) in [6.07, 6.45) is 0. The SMILES string of the molecule is COc1cccc2c1NCCN2CCO. The molecule has 4 heteroatoms. The third-order valence-electron chi connectivity index (χ3n) is 2.62. The van der Waals surface area contributed by atoms with Crippen LogP contribution in [0.1, 0.15) is 0 Å². The smallest absolute Gasteiger partial charge is 0.144 e. The van der Waals surface area contributed by atoms with Gasteiger partial charge in [-0.25, -0.2) is 0 Å². The largest absolute Gasteiger partial charge is 0.495 e. The minimum Gasteiger partial charge on any atom is -0.495 e. The van der Waals surface area contributed by atoms with E-state index in [1.807, 2.05) is 18.2 Å². The molecule has 15 heavy (non-hydrogen) atoms. The molecule has 2 rings (SSSR count). The second-order valence-electron chi connectivity index (χ2n) is 3.49. The summed E-state index contributed by atoms with van der Waals surface area (Å²) in [4.78, 5) is 2.16. The van der Waals surface area contributed by atoms with E-state index in [0.29, 0.717) is 6.54 Å². The Hall–Kier alpha value is -1.42. The molecule has 0 aliphatic carbocycles. The minimum atomic E-state index is 0.177. The number of benzene rings is 1. The zero-order chi connectivity index (χ0) is 10.7. The summed E-state index contributed by atoms with van der Waals surface area (Å²) < 4.78 is 5.29. The number of hydrogen-bond acceptors (Lipinski definition) is 4. The normalized spacial score (nSPS) is 14.4. The molecule has 0 saturated heterocycles. The van der Waals surface area contributed by atoms with Gasteiger partial charge in [0.05, 0.1) is 19.4 Å². The van der Waals surface area contributed by atoms with Gasteiger partial charge in [0.1, 0.15) is 11.4 Å². The highest BCUT2D eigenvalue weighted by atomic mass is 16.5. The zero-order valence-electron chi connectivity index (χ0n) is 8.86. The number of aliphatic hydroxyl groups excluding tert-OH is 1. The monoisotopic (exact) mass is 208 g/mol. The lowest BCUT2D eigenvalue weighted by atomic mass is 10.2. The van der Waals surface area contributed by atoms with Crippen molar-refractivity contribution in [3.05, 3.63) is 18.2 Å². The number of para-hydroxylation sites is 1. The van der Waals surface area contributed by atoms with Crippen LogP contribution in [0.5, 0.6) is 5.75 Å². The first-order valence-electron chi connectivity index (χ1n) is 5.13. The van der Waals surface area contributed by atoms with Crippen LogP contribution in [0.25, 0.3) is 0 Å². The maximum Gasteiger partial charge on any atom is 0.144 e. The molecule has 2 N–H and O–H groups in total. The van der Waals surface area contributed by atoms with Gasteiger partial charge < -0.3 is 20.1 Å². The van der Waals surface area contributed by atoms with Crippen LogP contribution in [-0.2, 0) is 0 Å². The summed E-state index contributed by atoms with van der Waals surface area (Å²) in [5.74, 6) is 0.857. The number of anilines is 2. The van der Waals surface area contributed by atoms with E-state index in [9.17, 15) is 0 Å². The molecule has 1 aliphatic heterocycles. The molecule has 0 fully saturated rings. The lowest BCUT2D eigenvalue weighted by Gasteiger charge is -2.32. The Morgan fingerprint density at radius 2 is 2.40 bits per heavy atom. The Morgan fingerprint density at radius 1 is 1.53 bits per heavy atom. The van der Waals surface area contributed by atoms with Gasteiger partial charge in [-0.15, -0.1) is 0 Å². The van der Waals surface area contributed by atoms with Gasteiger partial charge in [-0.05, 0) is 12.1 Å². The second kappa shape index (κ2) is 4.40. The molecule has 1 aliphatic rings. The first-order valence-corrected chi connectivity index (χ1v) is 5.13. The van der Waals surface area contributed by atoms with E-state index in [0.717, 1.165) is 30.2 Å². The first kappa shape index (κ1) is 10.1. The summed E-state index contributed by atoms with van der Waals surface area (Å²) in [5.41, 5.74) is 2.13. The molecule has 82 valence electrons. The number of β-amino-alcohol motifs (C(OH)–C–C–N with tert-alkyl or cyclic N) is 1. The van der Waals surface area contributed by atoms with E-state index in [4.69, 9.17) is 9.84 Å². The Kier molecular flexibility index (Phi) is 2.97. The fraction of sp³-hybridized carbons (Fsp3) is 0.455. The minimum absolute atomic E-state index is 0.177. The number of rotatable bonds is 3. The van der Waals surface area contributed by atoms with Gasteiger partial charge in [0, 0.05) is 19.6 Å². The quantitative estimate of drug-likeness (QED) is 0.775. The molecule has 4 nitrogen and oxygen atoms in total. The molecule has 1 aromatic carbocycles. The van der Waals surface area contributed by atoms with Crippen LogP contribution < -0.4 is 15.0 Å². The molecular formula is C11H16N2O2. The number of nitrogens with one attached hydrogen (secondary N) is 1. The highest BCUT2D eigenvalue weighted by molar-refractivity contribution is 5.78. The maximum absolute atomic E-state index is 8.98. The predicted octanol–water partition coefficient (Wildman–Crippen LogP) is 0.919. The fourth-order valence-electron chi connectivity index (χ4n) is 1.92. The molecule has 0 unspecified atom stereocenters.